The third-order valence-electron chi connectivity index (χ3n) is 4.13. The fourth-order valence-corrected chi connectivity index (χ4v) is 3.21. The molecule has 1 aliphatic rings. The average molecular weight is 364 g/mol. The summed E-state index contributed by atoms with van der Waals surface area (Å²) >= 11 is 12.2. The molecule has 0 spiro atoms. The number of hydrogen-bond donors (Lipinski definition) is 0. The highest BCUT2D eigenvalue weighted by molar-refractivity contribution is 6.33. The van der Waals surface area contributed by atoms with Gasteiger partial charge in [-0.2, -0.15) is 0 Å². The first-order chi connectivity index (χ1) is 11.6. The zero-order chi connectivity index (χ0) is 16.9. The van der Waals surface area contributed by atoms with Gasteiger partial charge in [0.2, 0.25) is 0 Å². The molecule has 0 radical (unpaired) electrons. The summed E-state index contributed by atoms with van der Waals surface area (Å²) in [5.41, 5.74) is 1.55. The number of benzene rings is 2. The normalized spacial score (nSPS) is 17.0. The van der Waals surface area contributed by atoms with Gasteiger partial charge < -0.3 is 9.64 Å². The summed E-state index contributed by atoms with van der Waals surface area (Å²) in [6.07, 6.45) is 2.11. The first kappa shape index (κ1) is 17.3. The van der Waals surface area contributed by atoms with Crippen LogP contribution in [-0.2, 0) is 11.3 Å². The number of carbonyl (C=O) groups is 1. The first-order valence-corrected chi connectivity index (χ1v) is 8.79. The molecule has 0 saturated carbocycles. The van der Waals surface area contributed by atoms with Crippen molar-refractivity contribution in [2.75, 3.05) is 13.2 Å². The van der Waals surface area contributed by atoms with Crippen molar-refractivity contribution < 1.29 is 9.53 Å². The van der Waals surface area contributed by atoms with Gasteiger partial charge in [-0.15, -0.1) is 0 Å². The highest BCUT2D eigenvalue weighted by Crippen LogP contribution is 2.21. The molecule has 1 heterocycles. The van der Waals surface area contributed by atoms with E-state index in [9.17, 15) is 4.79 Å². The molecular weight excluding hydrogens is 345 g/mol. The van der Waals surface area contributed by atoms with Crippen LogP contribution in [0.15, 0.2) is 48.5 Å². The Balaban J connectivity index is 1.81. The Morgan fingerprint density at radius 1 is 1.12 bits per heavy atom. The number of rotatable bonds is 5. The lowest BCUT2D eigenvalue weighted by molar-refractivity contribution is 0.0507. The molecule has 0 bridgehead atoms. The lowest BCUT2D eigenvalue weighted by atomic mass is 10.1. The fourth-order valence-electron chi connectivity index (χ4n) is 2.87. The van der Waals surface area contributed by atoms with Crippen LogP contribution in [0.2, 0.25) is 10.0 Å². The van der Waals surface area contributed by atoms with Gasteiger partial charge in [0.1, 0.15) is 0 Å². The Hall–Kier alpha value is -1.55. The lowest BCUT2D eigenvalue weighted by Crippen LogP contribution is -2.37. The van der Waals surface area contributed by atoms with Gasteiger partial charge in [-0.05, 0) is 42.7 Å². The van der Waals surface area contributed by atoms with Gasteiger partial charge in [0.25, 0.3) is 5.91 Å². The highest BCUT2D eigenvalue weighted by atomic mass is 35.5. The van der Waals surface area contributed by atoms with E-state index in [0.717, 1.165) is 25.0 Å². The maximum Gasteiger partial charge on any atom is 0.255 e. The summed E-state index contributed by atoms with van der Waals surface area (Å²) in [5.74, 6) is -0.0777. The second kappa shape index (κ2) is 8.02. The first-order valence-electron chi connectivity index (χ1n) is 8.03. The van der Waals surface area contributed by atoms with Crippen LogP contribution in [-0.4, -0.2) is 30.1 Å². The Morgan fingerprint density at radius 2 is 1.88 bits per heavy atom. The zero-order valence-corrected chi connectivity index (χ0v) is 14.8. The zero-order valence-electron chi connectivity index (χ0n) is 13.3. The number of carbonyl (C=O) groups excluding carboxylic acids is 1. The topological polar surface area (TPSA) is 29.5 Å². The van der Waals surface area contributed by atoms with Gasteiger partial charge in [-0.1, -0.05) is 47.5 Å². The quantitative estimate of drug-likeness (QED) is 0.762. The maximum absolute atomic E-state index is 13.0. The molecule has 1 fully saturated rings. The Labute approximate surface area is 152 Å². The van der Waals surface area contributed by atoms with Gasteiger partial charge in [-0.25, -0.2) is 0 Å². The molecule has 24 heavy (non-hydrogen) atoms. The number of amides is 1. The van der Waals surface area contributed by atoms with E-state index in [0.29, 0.717) is 28.7 Å². The van der Waals surface area contributed by atoms with Crippen molar-refractivity contribution in [3.05, 3.63) is 69.7 Å². The molecule has 1 aliphatic heterocycles. The Morgan fingerprint density at radius 3 is 2.54 bits per heavy atom. The molecule has 2 aromatic carbocycles. The molecule has 5 heteroatoms. The van der Waals surface area contributed by atoms with Gasteiger partial charge in [-0.3, -0.25) is 4.79 Å². The standard InChI is InChI=1S/C19H19Cl2NO2/c20-15-9-7-14(8-10-15)12-22(13-16-4-3-11-24-16)19(23)17-5-1-2-6-18(17)21/h1-2,5-10,16H,3-4,11-13H2. The van der Waals surface area contributed by atoms with E-state index in [4.69, 9.17) is 27.9 Å². The minimum Gasteiger partial charge on any atom is -0.376 e. The van der Waals surface area contributed by atoms with Crippen LogP contribution in [0.25, 0.3) is 0 Å². The van der Waals surface area contributed by atoms with E-state index in [-0.39, 0.29) is 12.0 Å². The van der Waals surface area contributed by atoms with Crippen LogP contribution in [0.1, 0.15) is 28.8 Å². The Kier molecular flexibility index (Phi) is 5.77. The average Bonchev–Trinajstić information content (AvgIpc) is 3.09. The predicted molar refractivity (Wildman–Crippen MR) is 96.6 cm³/mol. The third kappa shape index (κ3) is 4.29. The minimum atomic E-state index is -0.0777. The maximum atomic E-state index is 13.0. The van der Waals surface area contributed by atoms with Gasteiger partial charge >= 0.3 is 0 Å². The van der Waals surface area contributed by atoms with Crippen LogP contribution in [0, 0.1) is 0 Å². The molecule has 0 aliphatic carbocycles. The van der Waals surface area contributed by atoms with Crippen molar-refractivity contribution in [2.45, 2.75) is 25.5 Å². The molecule has 1 atom stereocenters. The van der Waals surface area contributed by atoms with Crippen LogP contribution in [0.5, 0.6) is 0 Å². The summed E-state index contributed by atoms with van der Waals surface area (Å²) in [4.78, 5) is 14.8. The van der Waals surface area contributed by atoms with Gasteiger partial charge in [0.15, 0.2) is 0 Å². The summed E-state index contributed by atoms with van der Waals surface area (Å²) < 4.78 is 5.71. The number of halogens is 2. The van der Waals surface area contributed by atoms with E-state index < -0.39 is 0 Å². The molecule has 2 aromatic rings. The molecule has 3 nitrogen and oxygen atoms in total. The second-order valence-electron chi connectivity index (χ2n) is 5.93. The summed E-state index contributed by atoms with van der Waals surface area (Å²) in [7, 11) is 0. The lowest BCUT2D eigenvalue weighted by Gasteiger charge is -2.26. The van der Waals surface area contributed by atoms with Crippen molar-refractivity contribution in [3.8, 4) is 0 Å². The van der Waals surface area contributed by atoms with Crippen molar-refractivity contribution in [2.24, 2.45) is 0 Å². The van der Waals surface area contributed by atoms with E-state index in [2.05, 4.69) is 0 Å². The molecule has 3 rings (SSSR count). The van der Waals surface area contributed by atoms with E-state index >= 15 is 0 Å². The molecule has 0 aromatic heterocycles. The molecule has 1 unspecified atom stereocenters. The summed E-state index contributed by atoms with van der Waals surface area (Å²) in [6.45, 7) is 1.83. The molecule has 126 valence electrons. The number of nitrogens with zero attached hydrogens (tertiary/aromatic N) is 1. The second-order valence-corrected chi connectivity index (χ2v) is 6.77. The molecular formula is C19H19Cl2NO2. The smallest absolute Gasteiger partial charge is 0.255 e. The van der Waals surface area contributed by atoms with Crippen molar-refractivity contribution >= 4 is 29.1 Å². The molecule has 0 N–H and O–H groups in total. The van der Waals surface area contributed by atoms with Crippen LogP contribution in [0.4, 0.5) is 0 Å². The SMILES string of the molecule is O=C(c1ccccc1Cl)N(Cc1ccc(Cl)cc1)CC1CCCO1. The van der Waals surface area contributed by atoms with E-state index in [1.807, 2.05) is 36.4 Å². The monoisotopic (exact) mass is 363 g/mol. The van der Waals surface area contributed by atoms with Crippen LogP contribution < -0.4 is 0 Å². The van der Waals surface area contributed by atoms with Crippen LogP contribution in [0.3, 0.4) is 0 Å². The highest BCUT2D eigenvalue weighted by Gasteiger charge is 2.24. The van der Waals surface area contributed by atoms with Crippen molar-refractivity contribution in [3.63, 3.8) is 0 Å². The number of hydrogen-bond acceptors (Lipinski definition) is 2. The fraction of sp³-hybridized carbons (Fsp3) is 0.316. The van der Waals surface area contributed by atoms with Gasteiger partial charge in [0, 0.05) is 24.7 Å². The minimum absolute atomic E-state index is 0.0777. The molecule has 1 amide bonds. The van der Waals surface area contributed by atoms with Crippen LogP contribution >= 0.6 is 23.2 Å². The molecule has 1 saturated heterocycles. The third-order valence-corrected chi connectivity index (χ3v) is 4.71. The Bertz CT molecular complexity index is 697. The summed E-state index contributed by atoms with van der Waals surface area (Å²) in [5, 5.41) is 1.15. The van der Waals surface area contributed by atoms with Crippen molar-refractivity contribution in [1.82, 2.24) is 4.90 Å². The predicted octanol–water partition coefficient (Wildman–Crippen LogP) is 4.81. The number of ether oxygens (including phenoxy) is 1. The largest absolute Gasteiger partial charge is 0.376 e. The van der Waals surface area contributed by atoms with E-state index in [1.54, 1.807) is 17.0 Å². The van der Waals surface area contributed by atoms with Crippen molar-refractivity contribution in [1.29, 1.82) is 0 Å². The summed E-state index contributed by atoms with van der Waals surface area (Å²) in [6, 6.07) is 14.7. The van der Waals surface area contributed by atoms with Gasteiger partial charge in [0.05, 0.1) is 16.7 Å². The van der Waals surface area contributed by atoms with E-state index in [1.165, 1.54) is 0 Å².